The zero-order chi connectivity index (χ0) is 23.3. The predicted molar refractivity (Wildman–Crippen MR) is 139 cm³/mol. The van der Waals surface area contributed by atoms with Crippen LogP contribution in [0.15, 0.2) is 103 Å². The van der Waals surface area contributed by atoms with Gasteiger partial charge in [0.25, 0.3) is 0 Å². The van der Waals surface area contributed by atoms with Crippen molar-refractivity contribution in [3.05, 3.63) is 120 Å². The molecule has 0 bridgehead atoms. The first-order valence-corrected chi connectivity index (χ1v) is 11.1. The van der Waals surface area contributed by atoms with Gasteiger partial charge in [-0.3, -0.25) is 0 Å². The molecule has 0 fully saturated rings. The highest BCUT2D eigenvalue weighted by molar-refractivity contribution is 6.00. The van der Waals surface area contributed by atoms with Crippen molar-refractivity contribution in [3.8, 4) is 17.6 Å². The molecule has 0 spiro atoms. The van der Waals surface area contributed by atoms with E-state index in [0.717, 1.165) is 39.0 Å². The third kappa shape index (κ3) is 4.22. The van der Waals surface area contributed by atoms with E-state index in [2.05, 4.69) is 54.6 Å². The molecular formula is C31H23NO2. The van der Waals surface area contributed by atoms with Crippen LogP contribution in [0.5, 0.6) is 11.5 Å². The van der Waals surface area contributed by atoms with Gasteiger partial charge >= 0.3 is 0 Å². The predicted octanol–water partition coefficient (Wildman–Crippen LogP) is 7.64. The quantitative estimate of drug-likeness (QED) is 0.201. The summed E-state index contributed by atoms with van der Waals surface area (Å²) in [7, 11) is 1.63. The van der Waals surface area contributed by atoms with Crippen molar-refractivity contribution in [2.45, 2.75) is 6.61 Å². The molecule has 5 aromatic rings. The van der Waals surface area contributed by atoms with Crippen molar-refractivity contribution < 1.29 is 9.47 Å². The Bertz CT molecular complexity index is 1540. The number of methoxy groups -OCH3 is 1. The van der Waals surface area contributed by atoms with E-state index in [-0.39, 0.29) is 0 Å². The first-order valence-electron chi connectivity index (χ1n) is 11.1. The van der Waals surface area contributed by atoms with Crippen LogP contribution < -0.4 is 9.47 Å². The lowest BCUT2D eigenvalue weighted by molar-refractivity contribution is 0.307. The molecule has 0 amide bonds. The Morgan fingerprint density at radius 1 is 0.765 bits per heavy atom. The van der Waals surface area contributed by atoms with Crippen LogP contribution >= 0.6 is 0 Å². The van der Waals surface area contributed by atoms with E-state index in [9.17, 15) is 5.26 Å². The molecule has 0 aliphatic carbocycles. The lowest BCUT2D eigenvalue weighted by Gasteiger charge is -2.14. The maximum Gasteiger partial charge on any atom is 0.127 e. The normalized spacial score (nSPS) is 11.4. The van der Waals surface area contributed by atoms with Crippen LogP contribution in [0.25, 0.3) is 33.2 Å². The highest BCUT2D eigenvalue weighted by atomic mass is 16.5. The fourth-order valence-corrected chi connectivity index (χ4v) is 4.22. The van der Waals surface area contributed by atoms with E-state index >= 15 is 0 Å². The molecule has 0 N–H and O–H groups in total. The first kappa shape index (κ1) is 21.3. The number of allylic oxidation sites excluding steroid dienone is 1. The average Bonchev–Trinajstić information content (AvgIpc) is 2.91. The zero-order valence-electron chi connectivity index (χ0n) is 18.9. The number of fused-ring (bicyclic) bond motifs is 2. The molecule has 0 saturated heterocycles. The second kappa shape index (κ2) is 9.52. The molecule has 0 heterocycles. The molecule has 0 radical (unpaired) electrons. The molecule has 0 atom stereocenters. The number of nitrogens with zero attached hydrogens (tertiary/aromatic N) is 1. The fourth-order valence-electron chi connectivity index (χ4n) is 4.22. The van der Waals surface area contributed by atoms with Crippen molar-refractivity contribution in [1.82, 2.24) is 0 Å². The largest absolute Gasteiger partial charge is 0.497 e. The first-order chi connectivity index (χ1) is 16.8. The van der Waals surface area contributed by atoms with E-state index in [0.29, 0.717) is 12.2 Å². The topological polar surface area (TPSA) is 42.2 Å². The molecule has 0 aromatic heterocycles. The standard InChI is InChI=1S/C31H23NO2/c1-33-27-16-13-22(14-17-27)26(20-32)19-30-29-12-5-3-8-24(29)15-18-31(30)34-21-25-10-6-9-23-7-2-4-11-28(23)25/h2-19H,21H2,1H3/b26-19+. The van der Waals surface area contributed by atoms with Gasteiger partial charge in [0.05, 0.1) is 18.8 Å². The maximum atomic E-state index is 9.97. The van der Waals surface area contributed by atoms with Crippen LogP contribution in [0.4, 0.5) is 0 Å². The Morgan fingerprint density at radius 3 is 2.18 bits per heavy atom. The summed E-state index contributed by atoms with van der Waals surface area (Å²) >= 11 is 0. The average molecular weight is 442 g/mol. The van der Waals surface area contributed by atoms with Crippen LogP contribution in [-0.4, -0.2) is 7.11 Å². The van der Waals surface area contributed by atoms with Crippen molar-refractivity contribution in [3.63, 3.8) is 0 Å². The lowest BCUT2D eigenvalue weighted by Crippen LogP contribution is -1.99. The van der Waals surface area contributed by atoms with Crippen molar-refractivity contribution in [2.75, 3.05) is 7.11 Å². The molecule has 3 nitrogen and oxygen atoms in total. The Hall–Kier alpha value is -4.55. The van der Waals surface area contributed by atoms with Gasteiger partial charge in [-0.25, -0.2) is 0 Å². The SMILES string of the molecule is COc1ccc(/C(C#N)=C/c2c(OCc3cccc4ccccc34)ccc3ccccc23)cc1. The minimum absolute atomic E-state index is 0.435. The van der Waals surface area contributed by atoms with Gasteiger partial charge < -0.3 is 9.47 Å². The molecule has 0 aliphatic heterocycles. The molecule has 34 heavy (non-hydrogen) atoms. The van der Waals surface area contributed by atoms with E-state index < -0.39 is 0 Å². The van der Waals surface area contributed by atoms with Crippen LogP contribution in [-0.2, 0) is 6.61 Å². The third-order valence-electron chi connectivity index (χ3n) is 6.00. The number of benzene rings is 5. The second-order valence-corrected chi connectivity index (χ2v) is 8.02. The van der Waals surface area contributed by atoms with Gasteiger partial charge in [0.2, 0.25) is 0 Å². The Kier molecular flexibility index (Phi) is 5.97. The van der Waals surface area contributed by atoms with Crippen LogP contribution in [0.1, 0.15) is 16.7 Å². The van der Waals surface area contributed by atoms with Gasteiger partial charge in [-0.05, 0) is 69.1 Å². The summed E-state index contributed by atoms with van der Waals surface area (Å²) in [6, 6.07) is 36.7. The van der Waals surface area contributed by atoms with Crippen LogP contribution in [0, 0.1) is 11.3 Å². The van der Waals surface area contributed by atoms with Gasteiger partial charge in [-0.15, -0.1) is 0 Å². The van der Waals surface area contributed by atoms with Crippen molar-refractivity contribution in [2.24, 2.45) is 0 Å². The Labute approximate surface area is 199 Å². The highest BCUT2D eigenvalue weighted by Gasteiger charge is 2.11. The molecule has 0 aliphatic rings. The van der Waals surface area contributed by atoms with E-state index in [1.807, 2.05) is 60.7 Å². The molecule has 0 saturated carbocycles. The molecule has 3 heteroatoms. The smallest absolute Gasteiger partial charge is 0.127 e. The Balaban J connectivity index is 1.57. The number of nitriles is 1. The monoisotopic (exact) mass is 441 g/mol. The summed E-state index contributed by atoms with van der Waals surface area (Å²) in [6.07, 6.45) is 1.92. The summed E-state index contributed by atoms with van der Waals surface area (Å²) in [5.41, 5.74) is 3.41. The van der Waals surface area contributed by atoms with Gasteiger partial charge in [-0.1, -0.05) is 72.8 Å². The van der Waals surface area contributed by atoms with E-state index in [1.54, 1.807) is 7.11 Å². The minimum atomic E-state index is 0.435. The number of ether oxygens (including phenoxy) is 2. The summed E-state index contributed by atoms with van der Waals surface area (Å²) in [4.78, 5) is 0. The number of hydrogen-bond acceptors (Lipinski definition) is 3. The molecular weight excluding hydrogens is 418 g/mol. The van der Waals surface area contributed by atoms with E-state index in [4.69, 9.17) is 9.47 Å². The van der Waals surface area contributed by atoms with Gasteiger partial charge in [0, 0.05) is 5.56 Å². The fraction of sp³-hybridized carbons (Fsp3) is 0.0645. The summed E-state index contributed by atoms with van der Waals surface area (Å²) in [5, 5.41) is 14.5. The maximum absolute atomic E-state index is 9.97. The molecule has 164 valence electrons. The summed E-state index contributed by atoms with van der Waals surface area (Å²) < 4.78 is 11.6. The van der Waals surface area contributed by atoms with Gasteiger partial charge in [0.1, 0.15) is 18.1 Å². The third-order valence-corrected chi connectivity index (χ3v) is 6.00. The lowest BCUT2D eigenvalue weighted by atomic mass is 9.98. The minimum Gasteiger partial charge on any atom is -0.497 e. The van der Waals surface area contributed by atoms with Crippen molar-refractivity contribution >= 4 is 33.2 Å². The van der Waals surface area contributed by atoms with Gasteiger partial charge in [0.15, 0.2) is 0 Å². The summed E-state index contributed by atoms with van der Waals surface area (Å²) in [5.74, 6) is 1.50. The highest BCUT2D eigenvalue weighted by Crippen LogP contribution is 2.33. The zero-order valence-corrected chi connectivity index (χ0v) is 18.9. The summed E-state index contributed by atoms with van der Waals surface area (Å²) in [6.45, 7) is 0.435. The van der Waals surface area contributed by atoms with E-state index in [1.165, 1.54) is 10.8 Å². The molecule has 5 aromatic carbocycles. The van der Waals surface area contributed by atoms with Crippen LogP contribution in [0.2, 0.25) is 0 Å². The van der Waals surface area contributed by atoms with Crippen molar-refractivity contribution in [1.29, 1.82) is 5.26 Å². The second-order valence-electron chi connectivity index (χ2n) is 8.02. The van der Waals surface area contributed by atoms with Gasteiger partial charge in [-0.2, -0.15) is 5.26 Å². The number of rotatable bonds is 6. The number of hydrogen-bond donors (Lipinski definition) is 0. The Morgan fingerprint density at radius 2 is 1.44 bits per heavy atom. The molecule has 0 unspecified atom stereocenters. The molecule has 5 rings (SSSR count). The van der Waals surface area contributed by atoms with Crippen LogP contribution in [0.3, 0.4) is 0 Å².